The smallest absolute Gasteiger partial charge is 0.338 e. The van der Waals surface area contributed by atoms with Gasteiger partial charge in [0.15, 0.2) is 0 Å². The van der Waals surface area contributed by atoms with Gasteiger partial charge in [-0.1, -0.05) is 0 Å². The molecule has 0 spiro atoms. The third-order valence-electron chi connectivity index (χ3n) is 3.21. The number of benzene rings is 2. The van der Waals surface area contributed by atoms with E-state index in [1.54, 1.807) is 5.38 Å². The van der Waals surface area contributed by atoms with Gasteiger partial charge < -0.3 is 9.47 Å². The van der Waals surface area contributed by atoms with E-state index in [0.29, 0.717) is 16.5 Å². The first kappa shape index (κ1) is 17.0. The summed E-state index contributed by atoms with van der Waals surface area (Å²) in [5.41, 5.74) is 0.870. The third-order valence-corrected chi connectivity index (χ3v) is 4.08. The second-order valence-electron chi connectivity index (χ2n) is 5.06. The largest absolute Gasteiger partial charge is 0.486 e. The maximum atomic E-state index is 12.8. The van der Waals surface area contributed by atoms with Crippen LogP contribution in [0.4, 0.5) is 8.78 Å². The molecule has 25 heavy (non-hydrogen) atoms. The molecule has 0 saturated heterocycles. The second kappa shape index (κ2) is 7.85. The second-order valence-corrected chi connectivity index (χ2v) is 6.00. The summed E-state index contributed by atoms with van der Waals surface area (Å²) in [5.74, 6) is -0.744. The van der Waals surface area contributed by atoms with Crippen LogP contribution in [0.2, 0.25) is 0 Å². The summed E-state index contributed by atoms with van der Waals surface area (Å²) >= 11 is 1.37. The van der Waals surface area contributed by atoms with Crippen molar-refractivity contribution in [2.45, 2.75) is 13.2 Å². The van der Waals surface area contributed by atoms with Crippen molar-refractivity contribution in [2.75, 3.05) is 0 Å². The molecule has 3 rings (SSSR count). The minimum atomic E-state index is -0.544. The molecule has 0 N–H and O–H groups in total. The number of carbonyl (C=O) groups excluding carboxylic acids is 1. The fourth-order valence-electron chi connectivity index (χ4n) is 1.97. The van der Waals surface area contributed by atoms with Crippen molar-refractivity contribution in [3.8, 4) is 5.75 Å². The number of rotatable bonds is 6. The normalized spacial score (nSPS) is 10.5. The summed E-state index contributed by atoms with van der Waals surface area (Å²) in [6.45, 7) is 0.255. The number of aromatic nitrogens is 1. The fraction of sp³-hybridized carbons (Fsp3) is 0.111. The molecule has 3 aromatic rings. The van der Waals surface area contributed by atoms with Crippen molar-refractivity contribution >= 4 is 17.3 Å². The zero-order chi connectivity index (χ0) is 17.6. The molecule has 1 heterocycles. The van der Waals surface area contributed by atoms with Gasteiger partial charge in [-0.25, -0.2) is 18.6 Å². The molecule has 4 nitrogen and oxygen atoms in total. The Labute approximate surface area is 146 Å². The summed E-state index contributed by atoms with van der Waals surface area (Å²) in [6.07, 6.45) is 0. The highest BCUT2D eigenvalue weighted by Gasteiger charge is 2.09. The molecule has 0 aliphatic carbocycles. The third kappa shape index (κ3) is 4.84. The molecule has 2 aromatic carbocycles. The van der Waals surface area contributed by atoms with Gasteiger partial charge in [0.1, 0.15) is 35.6 Å². The first-order chi connectivity index (χ1) is 12.1. The zero-order valence-electron chi connectivity index (χ0n) is 12.9. The summed E-state index contributed by atoms with van der Waals surface area (Å²) in [5, 5.41) is 2.47. The highest BCUT2D eigenvalue weighted by Crippen LogP contribution is 2.16. The highest BCUT2D eigenvalue weighted by molar-refractivity contribution is 7.09. The van der Waals surface area contributed by atoms with E-state index in [1.807, 2.05) is 0 Å². The van der Waals surface area contributed by atoms with Gasteiger partial charge in [0.05, 0.1) is 11.3 Å². The van der Waals surface area contributed by atoms with Crippen molar-refractivity contribution in [1.82, 2.24) is 4.98 Å². The lowest BCUT2D eigenvalue weighted by atomic mass is 10.2. The summed E-state index contributed by atoms with van der Waals surface area (Å²) in [7, 11) is 0. The van der Waals surface area contributed by atoms with Crippen molar-refractivity contribution in [1.29, 1.82) is 0 Å². The number of esters is 1. The Hall–Kier alpha value is -2.80. The summed E-state index contributed by atoms with van der Waals surface area (Å²) < 4.78 is 36.3. The molecule has 0 aliphatic heterocycles. The Morgan fingerprint density at radius 2 is 1.60 bits per heavy atom. The monoisotopic (exact) mass is 361 g/mol. The number of thiazole rings is 1. The molecule has 0 amide bonds. The highest BCUT2D eigenvalue weighted by atomic mass is 32.1. The Kier molecular flexibility index (Phi) is 5.35. The molecule has 7 heteroatoms. The van der Waals surface area contributed by atoms with Gasteiger partial charge in [0.25, 0.3) is 0 Å². The Morgan fingerprint density at radius 1 is 0.960 bits per heavy atom. The SMILES string of the molecule is O=C(OCc1csc(COc2ccc(F)cc2)n1)c1ccc(F)cc1. The lowest BCUT2D eigenvalue weighted by Gasteiger charge is -2.04. The molecule has 0 radical (unpaired) electrons. The van der Waals surface area contributed by atoms with Crippen LogP contribution < -0.4 is 4.74 Å². The van der Waals surface area contributed by atoms with E-state index < -0.39 is 11.8 Å². The topological polar surface area (TPSA) is 48.4 Å². The molecule has 0 aliphatic rings. The van der Waals surface area contributed by atoms with Crippen LogP contribution in [0.25, 0.3) is 0 Å². The van der Waals surface area contributed by atoms with Crippen LogP contribution >= 0.6 is 11.3 Å². The van der Waals surface area contributed by atoms with Crippen molar-refractivity contribution < 1.29 is 23.0 Å². The molecule has 0 unspecified atom stereocenters. The summed E-state index contributed by atoms with van der Waals surface area (Å²) in [4.78, 5) is 16.2. The van der Waals surface area contributed by atoms with Gasteiger partial charge in [-0.2, -0.15) is 0 Å². The maximum absolute atomic E-state index is 12.8. The molecule has 1 aromatic heterocycles. The molecule has 128 valence electrons. The zero-order valence-corrected chi connectivity index (χ0v) is 13.8. The molecule has 0 bridgehead atoms. The molecule has 0 fully saturated rings. The summed E-state index contributed by atoms with van der Waals surface area (Å²) in [6, 6.07) is 10.8. The van der Waals surface area contributed by atoms with Crippen LogP contribution in [0.15, 0.2) is 53.9 Å². The number of ether oxygens (including phenoxy) is 2. The predicted molar refractivity (Wildman–Crippen MR) is 88.4 cm³/mol. The van der Waals surface area contributed by atoms with Gasteiger partial charge in [0, 0.05) is 5.38 Å². The van der Waals surface area contributed by atoms with E-state index in [4.69, 9.17) is 9.47 Å². The van der Waals surface area contributed by atoms with E-state index in [0.717, 1.165) is 0 Å². The average molecular weight is 361 g/mol. The van der Waals surface area contributed by atoms with Crippen molar-refractivity contribution in [2.24, 2.45) is 0 Å². The average Bonchev–Trinajstić information content (AvgIpc) is 3.08. The fourth-order valence-corrected chi connectivity index (χ4v) is 2.66. The number of hydrogen-bond donors (Lipinski definition) is 0. The van der Waals surface area contributed by atoms with Crippen LogP contribution in [0.5, 0.6) is 5.75 Å². The Bertz CT molecular complexity index is 848. The van der Waals surface area contributed by atoms with E-state index in [2.05, 4.69) is 4.98 Å². The molecular weight excluding hydrogens is 348 g/mol. The van der Waals surface area contributed by atoms with Crippen LogP contribution in [0.3, 0.4) is 0 Å². The number of halogens is 2. The van der Waals surface area contributed by atoms with E-state index in [-0.39, 0.29) is 24.6 Å². The molecule has 0 saturated carbocycles. The minimum Gasteiger partial charge on any atom is -0.486 e. The van der Waals surface area contributed by atoms with Crippen LogP contribution in [0.1, 0.15) is 21.1 Å². The van der Waals surface area contributed by atoms with E-state index in [1.165, 1.54) is 59.9 Å². The minimum absolute atomic E-state index is 0.0171. The van der Waals surface area contributed by atoms with E-state index in [9.17, 15) is 13.6 Å². The van der Waals surface area contributed by atoms with Crippen LogP contribution in [-0.4, -0.2) is 11.0 Å². The number of nitrogens with zero attached hydrogens (tertiary/aromatic N) is 1. The first-order valence-corrected chi connectivity index (χ1v) is 8.22. The first-order valence-electron chi connectivity index (χ1n) is 7.34. The quantitative estimate of drug-likeness (QED) is 0.612. The van der Waals surface area contributed by atoms with Crippen LogP contribution in [-0.2, 0) is 18.0 Å². The number of carbonyl (C=O) groups is 1. The van der Waals surface area contributed by atoms with Crippen molar-refractivity contribution in [3.63, 3.8) is 0 Å². The standard InChI is InChI=1S/C18H13F2NO3S/c19-13-3-1-12(2-4-13)18(22)24-9-15-11-25-17(21-15)10-23-16-7-5-14(20)6-8-16/h1-8,11H,9-10H2. The van der Waals surface area contributed by atoms with Crippen molar-refractivity contribution in [3.05, 3.63) is 81.8 Å². The van der Waals surface area contributed by atoms with Gasteiger partial charge in [-0.05, 0) is 48.5 Å². The van der Waals surface area contributed by atoms with Crippen LogP contribution in [0, 0.1) is 11.6 Å². The van der Waals surface area contributed by atoms with Gasteiger partial charge in [-0.3, -0.25) is 0 Å². The lowest BCUT2D eigenvalue weighted by molar-refractivity contribution is 0.0468. The van der Waals surface area contributed by atoms with Gasteiger partial charge in [0.2, 0.25) is 0 Å². The lowest BCUT2D eigenvalue weighted by Crippen LogP contribution is -2.05. The van der Waals surface area contributed by atoms with E-state index >= 15 is 0 Å². The predicted octanol–water partition coefficient (Wildman–Crippen LogP) is 4.36. The Balaban J connectivity index is 1.50. The van der Waals surface area contributed by atoms with Gasteiger partial charge >= 0.3 is 5.97 Å². The maximum Gasteiger partial charge on any atom is 0.338 e. The molecule has 0 atom stereocenters. The van der Waals surface area contributed by atoms with Gasteiger partial charge in [-0.15, -0.1) is 11.3 Å². The Morgan fingerprint density at radius 3 is 2.28 bits per heavy atom. The molecular formula is C18H13F2NO3S. The number of hydrogen-bond acceptors (Lipinski definition) is 5.